The van der Waals surface area contributed by atoms with Crippen LogP contribution < -0.4 is 0 Å². The van der Waals surface area contributed by atoms with Crippen LogP contribution in [-0.2, 0) is 9.53 Å². The molecule has 0 aliphatic heterocycles. The molecule has 0 amide bonds. The summed E-state index contributed by atoms with van der Waals surface area (Å²) in [6.45, 7) is 0. The van der Waals surface area contributed by atoms with E-state index in [0.717, 1.165) is 7.11 Å². The Hall–Kier alpha value is -1.02. The highest BCUT2D eigenvalue weighted by Crippen LogP contribution is 2.52. The molecule has 8 heteroatoms. The van der Waals surface area contributed by atoms with Crippen molar-refractivity contribution in [3.63, 3.8) is 0 Å². The molecule has 2 atom stereocenters. The van der Waals surface area contributed by atoms with Gasteiger partial charge in [0.15, 0.2) is 5.78 Å². The highest BCUT2D eigenvalue weighted by molar-refractivity contribution is 9.10. The second kappa shape index (κ2) is 5.40. The molecule has 0 saturated heterocycles. The van der Waals surface area contributed by atoms with Gasteiger partial charge in [0.2, 0.25) is 0 Å². The quantitative estimate of drug-likeness (QED) is 0.589. The van der Waals surface area contributed by atoms with Gasteiger partial charge in [-0.3, -0.25) is 9.59 Å². The van der Waals surface area contributed by atoms with E-state index in [4.69, 9.17) is 0 Å². The van der Waals surface area contributed by atoms with Crippen molar-refractivity contribution >= 4 is 39.4 Å². The predicted molar refractivity (Wildman–Crippen MR) is 70.4 cm³/mol. The van der Waals surface area contributed by atoms with Gasteiger partial charge in [-0.2, -0.15) is 13.2 Å². The van der Waals surface area contributed by atoms with Crippen molar-refractivity contribution in [2.75, 3.05) is 7.11 Å². The standard InChI is InChI=1S/C12H8BrF3O3S/c1-19-11(18)8-9(17)7-4-5(13)2-3-6(7)10(8)20-12(14,15)16/h2-4,8,10H,1H3. The van der Waals surface area contributed by atoms with Crippen LogP contribution in [0, 0.1) is 5.92 Å². The molecule has 1 aromatic rings. The summed E-state index contributed by atoms with van der Waals surface area (Å²) < 4.78 is 42.9. The fourth-order valence-electron chi connectivity index (χ4n) is 2.11. The van der Waals surface area contributed by atoms with Crippen LogP contribution in [0.4, 0.5) is 13.2 Å². The largest absolute Gasteiger partial charge is 0.468 e. The van der Waals surface area contributed by atoms with E-state index in [1.165, 1.54) is 18.2 Å². The van der Waals surface area contributed by atoms with Crippen molar-refractivity contribution in [2.24, 2.45) is 5.92 Å². The first kappa shape index (κ1) is 15.4. The summed E-state index contributed by atoms with van der Waals surface area (Å²) in [5.41, 5.74) is -4.22. The molecule has 1 aliphatic rings. The molecule has 2 unspecified atom stereocenters. The molecule has 0 bridgehead atoms. The van der Waals surface area contributed by atoms with Crippen LogP contribution in [0.15, 0.2) is 22.7 Å². The number of rotatable bonds is 2. The molecule has 0 N–H and O–H groups in total. The van der Waals surface area contributed by atoms with E-state index in [-0.39, 0.29) is 22.9 Å². The Labute approximate surface area is 125 Å². The topological polar surface area (TPSA) is 43.4 Å². The van der Waals surface area contributed by atoms with Gasteiger partial charge in [-0.05, 0) is 29.5 Å². The average Bonchev–Trinajstić information content (AvgIpc) is 2.60. The number of benzene rings is 1. The van der Waals surface area contributed by atoms with Gasteiger partial charge in [-0.1, -0.05) is 22.0 Å². The first-order valence-corrected chi connectivity index (χ1v) is 7.08. The van der Waals surface area contributed by atoms with Gasteiger partial charge in [0.05, 0.1) is 12.4 Å². The van der Waals surface area contributed by atoms with Crippen LogP contribution in [0.3, 0.4) is 0 Å². The Kier molecular flexibility index (Phi) is 4.15. The third kappa shape index (κ3) is 2.85. The lowest BCUT2D eigenvalue weighted by Crippen LogP contribution is -2.25. The van der Waals surface area contributed by atoms with Gasteiger partial charge < -0.3 is 4.74 Å². The predicted octanol–water partition coefficient (Wildman–Crippen LogP) is 3.73. The molecule has 108 valence electrons. The van der Waals surface area contributed by atoms with Crippen LogP contribution in [0.25, 0.3) is 0 Å². The van der Waals surface area contributed by atoms with E-state index >= 15 is 0 Å². The molecule has 1 aliphatic carbocycles. The molecule has 1 aromatic carbocycles. The van der Waals surface area contributed by atoms with Crippen molar-refractivity contribution < 1.29 is 27.5 Å². The SMILES string of the molecule is COC(=O)C1C(=O)c2cc(Br)ccc2C1SC(F)(F)F. The highest BCUT2D eigenvalue weighted by atomic mass is 79.9. The monoisotopic (exact) mass is 368 g/mol. The van der Waals surface area contributed by atoms with Crippen LogP contribution in [0.1, 0.15) is 21.2 Å². The molecule has 0 heterocycles. The summed E-state index contributed by atoms with van der Waals surface area (Å²) in [6.07, 6.45) is 0. The number of carbonyl (C=O) groups excluding carboxylic acids is 2. The first-order chi connectivity index (χ1) is 9.24. The number of esters is 1. The van der Waals surface area contributed by atoms with Gasteiger partial charge in [0.1, 0.15) is 5.92 Å². The first-order valence-electron chi connectivity index (χ1n) is 5.40. The molecule has 0 spiro atoms. The molecular weight excluding hydrogens is 361 g/mol. The fraction of sp³-hybridized carbons (Fsp3) is 0.333. The number of alkyl halides is 3. The third-order valence-electron chi connectivity index (χ3n) is 2.89. The van der Waals surface area contributed by atoms with Gasteiger partial charge in [0.25, 0.3) is 0 Å². The lowest BCUT2D eigenvalue weighted by molar-refractivity contribution is -0.143. The van der Waals surface area contributed by atoms with Crippen LogP contribution >= 0.6 is 27.7 Å². The molecular formula is C12H8BrF3O3S. The summed E-state index contributed by atoms with van der Waals surface area (Å²) in [6, 6.07) is 4.38. The number of hydrogen-bond acceptors (Lipinski definition) is 4. The van der Waals surface area contributed by atoms with Crippen molar-refractivity contribution in [3.8, 4) is 0 Å². The minimum Gasteiger partial charge on any atom is -0.468 e. The molecule has 20 heavy (non-hydrogen) atoms. The second-order valence-corrected chi connectivity index (χ2v) is 6.20. The van der Waals surface area contributed by atoms with E-state index in [9.17, 15) is 22.8 Å². The van der Waals surface area contributed by atoms with E-state index < -0.39 is 28.4 Å². The number of halogens is 4. The number of ether oxygens (including phenoxy) is 1. The Bertz CT molecular complexity index is 574. The lowest BCUT2D eigenvalue weighted by atomic mass is 10.1. The zero-order chi connectivity index (χ0) is 15.1. The Morgan fingerprint density at radius 2 is 2.05 bits per heavy atom. The maximum atomic E-state index is 12.6. The van der Waals surface area contributed by atoms with E-state index in [0.29, 0.717) is 4.47 Å². The fourth-order valence-corrected chi connectivity index (χ4v) is 3.46. The normalized spacial score (nSPS) is 21.8. The summed E-state index contributed by atoms with van der Waals surface area (Å²) in [5.74, 6) is -3.06. The van der Waals surface area contributed by atoms with Crippen LogP contribution in [0.5, 0.6) is 0 Å². The van der Waals surface area contributed by atoms with Crippen molar-refractivity contribution in [3.05, 3.63) is 33.8 Å². The Morgan fingerprint density at radius 3 is 2.60 bits per heavy atom. The van der Waals surface area contributed by atoms with E-state index in [1.807, 2.05) is 0 Å². The maximum Gasteiger partial charge on any atom is 0.442 e. The number of fused-ring (bicyclic) bond motifs is 1. The average molecular weight is 369 g/mol. The van der Waals surface area contributed by atoms with Crippen LogP contribution in [0.2, 0.25) is 0 Å². The molecule has 0 radical (unpaired) electrons. The number of Topliss-reactive ketones (excluding diaryl/α,β-unsaturated/α-hetero) is 1. The van der Waals surface area contributed by atoms with Gasteiger partial charge in [-0.15, -0.1) is 0 Å². The van der Waals surface area contributed by atoms with Gasteiger partial charge >= 0.3 is 11.5 Å². The zero-order valence-corrected chi connectivity index (χ0v) is 12.4. The number of ketones is 1. The van der Waals surface area contributed by atoms with Crippen molar-refractivity contribution in [1.29, 1.82) is 0 Å². The Balaban J connectivity index is 2.49. The van der Waals surface area contributed by atoms with Crippen molar-refractivity contribution in [2.45, 2.75) is 10.8 Å². The summed E-state index contributed by atoms with van der Waals surface area (Å²) in [7, 11) is 1.05. The molecule has 0 saturated carbocycles. The molecule has 0 fully saturated rings. The minimum absolute atomic E-state index is 0.122. The van der Waals surface area contributed by atoms with E-state index in [1.54, 1.807) is 0 Å². The number of carbonyl (C=O) groups is 2. The van der Waals surface area contributed by atoms with E-state index in [2.05, 4.69) is 20.7 Å². The van der Waals surface area contributed by atoms with Crippen LogP contribution in [-0.4, -0.2) is 24.4 Å². The number of hydrogen-bond donors (Lipinski definition) is 0. The minimum atomic E-state index is -4.55. The molecule has 0 aromatic heterocycles. The maximum absolute atomic E-state index is 12.6. The number of thioether (sulfide) groups is 1. The second-order valence-electron chi connectivity index (χ2n) is 4.08. The lowest BCUT2D eigenvalue weighted by Gasteiger charge is -2.18. The van der Waals surface area contributed by atoms with Gasteiger partial charge in [-0.25, -0.2) is 0 Å². The molecule has 3 nitrogen and oxygen atoms in total. The van der Waals surface area contributed by atoms with Crippen molar-refractivity contribution in [1.82, 2.24) is 0 Å². The van der Waals surface area contributed by atoms with Gasteiger partial charge in [0, 0.05) is 10.0 Å². The zero-order valence-electron chi connectivity index (χ0n) is 10.0. The highest BCUT2D eigenvalue weighted by Gasteiger charge is 2.50. The smallest absolute Gasteiger partial charge is 0.442 e. The summed E-state index contributed by atoms with van der Waals surface area (Å²) in [5, 5.41) is -1.31. The third-order valence-corrected chi connectivity index (χ3v) is 4.43. The Morgan fingerprint density at radius 1 is 1.40 bits per heavy atom. The summed E-state index contributed by atoms with van der Waals surface area (Å²) >= 11 is 2.78. The molecule has 2 rings (SSSR count). The number of methoxy groups -OCH3 is 1. The summed E-state index contributed by atoms with van der Waals surface area (Å²) in [4.78, 5) is 23.8.